The Kier molecular flexibility index (Phi) is 5.36. The smallest absolute Gasteiger partial charge is 0.197 e. The van der Waals surface area contributed by atoms with Gasteiger partial charge in [-0.15, -0.1) is 11.3 Å². The molecule has 6 heteroatoms. The van der Waals surface area contributed by atoms with Crippen LogP contribution in [0.5, 0.6) is 0 Å². The van der Waals surface area contributed by atoms with Gasteiger partial charge in [-0.25, -0.2) is 0 Å². The van der Waals surface area contributed by atoms with Crippen LogP contribution in [0.2, 0.25) is 5.02 Å². The molecule has 0 spiro atoms. The van der Waals surface area contributed by atoms with E-state index in [2.05, 4.69) is 17.6 Å². The maximum Gasteiger partial charge on any atom is 0.197 e. The van der Waals surface area contributed by atoms with E-state index in [1.165, 1.54) is 11.3 Å². The molecule has 0 bridgehead atoms. The zero-order chi connectivity index (χ0) is 17.1. The lowest BCUT2D eigenvalue weighted by Gasteiger charge is -2.12. The van der Waals surface area contributed by atoms with Crippen LogP contribution in [0, 0.1) is 0 Å². The summed E-state index contributed by atoms with van der Waals surface area (Å²) in [5.74, 6) is 0. The van der Waals surface area contributed by atoms with Crippen molar-refractivity contribution in [2.75, 3.05) is 25.0 Å². The molecule has 0 aliphatic rings. The van der Waals surface area contributed by atoms with Crippen molar-refractivity contribution in [3.05, 3.63) is 51.1 Å². The van der Waals surface area contributed by atoms with Gasteiger partial charge in [0.25, 0.3) is 0 Å². The van der Waals surface area contributed by atoms with Crippen LogP contribution in [0.3, 0.4) is 0 Å². The first-order valence-electron chi connectivity index (χ1n) is 7.89. The molecular formula is C18H19ClN2O2S. The van der Waals surface area contributed by atoms with Crippen molar-refractivity contribution in [2.45, 2.75) is 13.5 Å². The third kappa shape index (κ3) is 3.26. The molecule has 4 nitrogen and oxygen atoms in total. The number of anilines is 1. The third-order valence-electron chi connectivity index (χ3n) is 3.90. The van der Waals surface area contributed by atoms with Crippen LogP contribution in [0.15, 0.2) is 35.1 Å². The van der Waals surface area contributed by atoms with Crippen LogP contribution in [0.1, 0.15) is 12.5 Å². The summed E-state index contributed by atoms with van der Waals surface area (Å²) in [5.41, 5.74) is 1.53. The van der Waals surface area contributed by atoms with Crippen molar-refractivity contribution < 1.29 is 5.11 Å². The second-order valence-corrected chi connectivity index (χ2v) is 6.98. The monoisotopic (exact) mass is 362 g/mol. The van der Waals surface area contributed by atoms with Gasteiger partial charge in [0.15, 0.2) is 5.43 Å². The largest absolute Gasteiger partial charge is 0.392 e. The fourth-order valence-corrected chi connectivity index (χ4v) is 4.20. The van der Waals surface area contributed by atoms with Gasteiger partial charge < -0.3 is 15.7 Å². The van der Waals surface area contributed by atoms with E-state index in [1.54, 1.807) is 18.2 Å². The zero-order valence-electron chi connectivity index (χ0n) is 13.4. The number of likely N-dealkylation sites (N-methyl/N-ethyl adjacent to an activating group) is 1. The Morgan fingerprint density at radius 3 is 2.79 bits per heavy atom. The van der Waals surface area contributed by atoms with Crippen molar-refractivity contribution in [1.82, 2.24) is 5.32 Å². The van der Waals surface area contributed by atoms with Gasteiger partial charge in [0.1, 0.15) is 0 Å². The van der Waals surface area contributed by atoms with Crippen molar-refractivity contribution in [3.63, 3.8) is 0 Å². The maximum atomic E-state index is 13.0. The number of aliphatic hydroxyl groups is 1. The number of hydrogen-bond acceptors (Lipinski definition) is 5. The summed E-state index contributed by atoms with van der Waals surface area (Å²) in [7, 11) is 0. The molecule has 0 unspecified atom stereocenters. The van der Waals surface area contributed by atoms with Crippen LogP contribution in [-0.2, 0) is 6.61 Å². The Bertz CT molecular complexity index is 940. The molecule has 0 atom stereocenters. The second-order valence-electron chi connectivity index (χ2n) is 5.49. The summed E-state index contributed by atoms with van der Waals surface area (Å²) < 4.78 is 1.64. The molecule has 3 N–H and O–H groups in total. The molecule has 3 aromatic rings. The van der Waals surface area contributed by atoms with E-state index in [4.69, 9.17) is 11.6 Å². The molecule has 0 amide bonds. The molecule has 1 heterocycles. The molecule has 126 valence electrons. The highest BCUT2D eigenvalue weighted by Crippen LogP contribution is 2.33. The molecule has 0 fully saturated rings. The first-order valence-corrected chi connectivity index (χ1v) is 9.08. The second kappa shape index (κ2) is 7.49. The first-order chi connectivity index (χ1) is 11.7. The predicted molar refractivity (Wildman–Crippen MR) is 104 cm³/mol. The van der Waals surface area contributed by atoms with Crippen LogP contribution >= 0.6 is 22.9 Å². The van der Waals surface area contributed by atoms with Gasteiger partial charge in [-0.1, -0.05) is 24.6 Å². The van der Waals surface area contributed by atoms with Crippen LogP contribution < -0.4 is 16.1 Å². The van der Waals surface area contributed by atoms with E-state index in [9.17, 15) is 9.90 Å². The Hall–Kier alpha value is -1.66. The number of rotatable bonds is 6. The van der Waals surface area contributed by atoms with Crippen molar-refractivity contribution in [1.29, 1.82) is 0 Å². The molecule has 0 radical (unpaired) electrons. The van der Waals surface area contributed by atoms with E-state index >= 15 is 0 Å². The summed E-state index contributed by atoms with van der Waals surface area (Å²) in [6.07, 6.45) is 0. The van der Waals surface area contributed by atoms with Gasteiger partial charge in [0, 0.05) is 38.6 Å². The Morgan fingerprint density at radius 1 is 1.21 bits per heavy atom. The number of hydrogen-bond donors (Lipinski definition) is 3. The van der Waals surface area contributed by atoms with Crippen LogP contribution in [-0.4, -0.2) is 24.7 Å². The van der Waals surface area contributed by atoms with E-state index in [-0.39, 0.29) is 12.0 Å². The summed E-state index contributed by atoms with van der Waals surface area (Å²) in [6, 6.07) is 9.04. The number of nitrogens with one attached hydrogen (secondary N) is 2. The van der Waals surface area contributed by atoms with Gasteiger partial charge in [0.05, 0.1) is 12.0 Å². The summed E-state index contributed by atoms with van der Waals surface area (Å²) >= 11 is 7.55. The molecular weight excluding hydrogens is 344 g/mol. The molecule has 0 saturated carbocycles. The number of benzene rings is 2. The lowest BCUT2D eigenvalue weighted by Crippen LogP contribution is -2.22. The Balaban J connectivity index is 2.20. The minimum absolute atomic E-state index is 0.0309. The minimum Gasteiger partial charge on any atom is -0.392 e. The predicted octanol–water partition coefficient (Wildman–Crippen LogP) is 3.58. The summed E-state index contributed by atoms with van der Waals surface area (Å²) in [5, 5.41) is 18.1. The topological polar surface area (TPSA) is 61.4 Å². The van der Waals surface area contributed by atoms with E-state index in [0.29, 0.717) is 15.8 Å². The fraction of sp³-hybridized carbons (Fsp3) is 0.278. The Labute approximate surface area is 149 Å². The van der Waals surface area contributed by atoms with Crippen LogP contribution in [0.25, 0.3) is 20.2 Å². The molecule has 0 saturated heterocycles. The van der Waals surface area contributed by atoms with Gasteiger partial charge in [-0.05, 0) is 36.4 Å². The number of halogens is 1. The Morgan fingerprint density at radius 2 is 2.04 bits per heavy atom. The average molecular weight is 363 g/mol. The van der Waals surface area contributed by atoms with Gasteiger partial charge in [-0.3, -0.25) is 4.79 Å². The summed E-state index contributed by atoms with van der Waals surface area (Å²) in [6.45, 7) is 4.41. The SMILES string of the molecule is CCNCCNc1ccc(CO)c2sc3cc(Cl)ccc3c(=O)c12. The van der Waals surface area contributed by atoms with E-state index < -0.39 is 0 Å². The summed E-state index contributed by atoms with van der Waals surface area (Å²) in [4.78, 5) is 13.0. The maximum absolute atomic E-state index is 13.0. The highest BCUT2D eigenvalue weighted by molar-refractivity contribution is 7.24. The van der Waals surface area contributed by atoms with Crippen LogP contribution in [0.4, 0.5) is 5.69 Å². The zero-order valence-corrected chi connectivity index (χ0v) is 14.9. The van der Waals surface area contributed by atoms with Crippen molar-refractivity contribution in [3.8, 4) is 0 Å². The molecule has 2 aromatic carbocycles. The minimum atomic E-state index is -0.101. The first kappa shape index (κ1) is 17.2. The average Bonchev–Trinajstić information content (AvgIpc) is 2.58. The number of aliphatic hydroxyl groups excluding tert-OH is 1. The van der Waals surface area contributed by atoms with Crippen molar-refractivity contribution >= 4 is 48.8 Å². The molecule has 1 aromatic heterocycles. The van der Waals surface area contributed by atoms with E-state index in [1.807, 2.05) is 12.1 Å². The van der Waals surface area contributed by atoms with E-state index in [0.717, 1.165) is 40.3 Å². The highest BCUT2D eigenvalue weighted by Gasteiger charge is 2.13. The molecule has 3 rings (SSSR count). The highest BCUT2D eigenvalue weighted by atomic mass is 35.5. The number of fused-ring (bicyclic) bond motifs is 2. The molecule has 0 aliphatic heterocycles. The standard InChI is InChI=1S/C18H19ClN2O2S/c1-2-20-7-8-21-14-6-3-11(10-22)18-16(14)17(23)13-5-4-12(19)9-15(13)24-18/h3-6,9,20-22H,2,7-8,10H2,1H3. The quantitative estimate of drug-likeness (QED) is 0.463. The fourth-order valence-electron chi connectivity index (χ4n) is 2.71. The van der Waals surface area contributed by atoms with Crippen molar-refractivity contribution in [2.24, 2.45) is 0 Å². The molecule has 0 aliphatic carbocycles. The van der Waals surface area contributed by atoms with Gasteiger partial charge in [-0.2, -0.15) is 0 Å². The molecule has 24 heavy (non-hydrogen) atoms. The lowest BCUT2D eigenvalue weighted by atomic mass is 10.1. The normalized spacial score (nSPS) is 11.3. The third-order valence-corrected chi connectivity index (χ3v) is 5.37. The van der Waals surface area contributed by atoms with Gasteiger partial charge in [0.2, 0.25) is 0 Å². The lowest BCUT2D eigenvalue weighted by molar-refractivity contribution is 0.283. The van der Waals surface area contributed by atoms with Gasteiger partial charge >= 0.3 is 0 Å².